The Kier molecular flexibility index (Phi) is 6.76. The lowest BCUT2D eigenvalue weighted by Crippen LogP contribution is -2.26. The van der Waals surface area contributed by atoms with Crippen molar-refractivity contribution < 1.29 is 23.7 Å². The summed E-state index contributed by atoms with van der Waals surface area (Å²) in [6.45, 7) is 2.85. The zero-order chi connectivity index (χ0) is 24.9. The monoisotopic (exact) mass is 481 g/mol. The Morgan fingerprint density at radius 2 is 1.47 bits per heavy atom. The van der Waals surface area contributed by atoms with Crippen molar-refractivity contribution in [3.63, 3.8) is 0 Å². The zero-order valence-electron chi connectivity index (χ0n) is 20.2. The maximum atomic E-state index is 11.6. The number of methoxy groups -OCH3 is 1. The third-order valence-electron chi connectivity index (χ3n) is 5.98. The second kappa shape index (κ2) is 10.4. The van der Waals surface area contributed by atoms with Gasteiger partial charge in [0.15, 0.2) is 17.6 Å². The van der Waals surface area contributed by atoms with Gasteiger partial charge in [-0.15, -0.1) is 0 Å². The van der Waals surface area contributed by atoms with Gasteiger partial charge in [-0.25, -0.2) is 4.79 Å². The second-order valence-corrected chi connectivity index (χ2v) is 8.37. The van der Waals surface area contributed by atoms with E-state index in [1.165, 1.54) is 7.11 Å². The van der Waals surface area contributed by atoms with E-state index >= 15 is 0 Å². The molecule has 0 N–H and O–H groups in total. The van der Waals surface area contributed by atoms with Crippen LogP contribution < -0.4 is 19.1 Å². The third kappa shape index (κ3) is 4.98. The maximum Gasteiger partial charge on any atom is 0.346 e. The molecule has 182 valence electrons. The fourth-order valence-electron chi connectivity index (χ4n) is 4.19. The lowest BCUT2D eigenvalue weighted by atomic mass is 10.1. The highest BCUT2D eigenvalue weighted by molar-refractivity contribution is 5.77. The van der Waals surface area contributed by atoms with Crippen molar-refractivity contribution in [3.8, 4) is 34.1 Å². The molecule has 1 aliphatic rings. The first-order chi connectivity index (χ1) is 17.6. The van der Waals surface area contributed by atoms with Gasteiger partial charge in [0, 0.05) is 0 Å². The van der Waals surface area contributed by atoms with Gasteiger partial charge >= 0.3 is 5.97 Å². The van der Waals surface area contributed by atoms with Crippen LogP contribution in [0.2, 0.25) is 0 Å². The van der Waals surface area contributed by atoms with E-state index in [0.717, 1.165) is 39.8 Å². The van der Waals surface area contributed by atoms with Gasteiger partial charge in [-0.2, -0.15) is 0 Å². The van der Waals surface area contributed by atoms with Crippen LogP contribution in [0.4, 0.5) is 11.4 Å². The van der Waals surface area contributed by atoms with Crippen LogP contribution in [-0.2, 0) is 9.53 Å². The highest BCUT2D eigenvalue weighted by Gasteiger charge is 2.23. The van der Waals surface area contributed by atoms with Crippen LogP contribution in [0.15, 0.2) is 97.1 Å². The van der Waals surface area contributed by atoms with Crippen LogP contribution in [0, 0.1) is 0 Å². The first kappa shape index (κ1) is 23.3. The summed E-state index contributed by atoms with van der Waals surface area (Å²) in [7, 11) is 1.35. The molecule has 1 unspecified atom stereocenters. The summed E-state index contributed by atoms with van der Waals surface area (Å²) in [6, 6.07) is 31.6. The van der Waals surface area contributed by atoms with Gasteiger partial charge in [0.25, 0.3) is 0 Å². The van der Waals surface area contributed by atoms with E-state index < -0.39 is 12.1 Å². The zero-order valence-corrected chi connectivity index (χ0v) is 20.2. The van der Waals surface area contributed by atoms with Crippen molar-refractivity contribution in [1.29, 1.82) is 0 Å². The number of nitrogens with zero attached hydrogens (tertiary/aromatic N) is 1. The first-order valence-electron chi connectivity index (χ1n) is 11.8. The molecule has 0 amide bonds. The topological polar surface area (TPSA) is 57.2 Å². The minimum Gasteiger partial charge on any atom is -0.492 e. The summed E-state index contributed by atoms with van der Waals surface area (Å²) in [5.74, 6) is 2.67. The summed E-state index contributed by atoms with van der Waals surface area (Å²) in [4.78, 5) is 13.9. The number of hydrogen-bond acceptors (Lipinski definition) is 6. The lowest BCUT2D eigenvalue weighted by Gasteiger charge is -2.32. The van der Waals surface area contributed by atoms with E-state index in [0.29, 0.717) is 18.9 Å². The molecule has 1 heterocycles. The van der Waals surface area contributed by atoms with Crippen LogP contribution >= 0.6 is 0 Å². The van der Waals surface area contributed by atoms with Crippen LogP contribution in [0.1, 0.15) is 6.92 Å². The molecule has 0 saturated heterocycles. The summed E-state index contributed by atoms with van der Waals surface area (Å²) < 4.78 is 22.6. The third-order valence-corrected chi connectivity index (χ3v) is 5.98. The minimum atomic E-state index is -0.675. The highest BCUT2D eigenvalue weighted by atomic mass is 16.6. The van der Waals surface area contributed by atoms with Crippen molar-refractivity contribution in [2.24, 2.45) is 0 Å². The second-order valence-electron chi connectivity index (χ2n) is 8.37. The van der Waals surface area contributed by atoms with Crippen molar-refractivity contribution in [2.75, 3.05) is 25.2 Å². The van der Waals surface area contributed by atoms with Crippen LogP contribution in [-0.4, -0.2) is 32.3 Å². The molecular weight excluding hydrogens is 454 g/mol. The normalized spacial score (nSPS) is 12.6. The van der Waals surface area contributed by atoms with Gasteiger partial charge in [0.2, 0.25) is 0 Å². The summed E-state index contributed by atoms with van der Waals surface area (Å²) in [5.41, 5.74) is 4.06. The van der Waals surface area contributed by atoms with Gasteiger partial charge < -0.3 is 23.8 Å². The Labute approximate surface area is 210 Å². The molecule has 4 aromatic carbocycles. The smallest absolute Gasteiger partial charge is 0.346 e. The van der Waals surface area contributed by atoms with Gasteiger partial charge in [-0.1, -0.05) is 48.5 Å². The molecule has 1 atom stereocenters. The molecule has 1 aliphatic heterocycles. The molecule has 4 aromatic rings. The largest absolute Gasteiger partial charge is 0.492 e. The lowest BCUT2D eigenvalue weighted by molar-refractivity contribution is -0.147. The molecule has 36 heavy (non-hydrogen) atoms. The van der Waals surface area contributed by atoms with Crippen molar-refractivity contribution in [3.05, 3.63) is 97.1 Å². The Morgan fingerprint density at radius 3 is 2.14 bits per heavy atom. The SMILES string of the molecule is COC(=O)C(C)Oc1cccc(-c2ccc(OCCN3c4ccccc4Oc4ccccc43)cc2)c1. The number of esters is 1. The van der Waals surface area contributed by atoms with Crippen molar-refractivity contribution >= 4 is 17.3 Å². The quantitative estimate of drug-likeness (QED) is 0.264. The number of benzene rings is 4. The molecular formula is C30H27NO5. The number of carbonyl (C=O) groups is 1. The van der Waals surface area contributed by atoms with Crippen LogP contribution in [0.5, 0.6) is 23.0 Å². The van der Waals surface area contributed by atoms with E-state index in [9.17, 15) is 4.79 Å². The van der Waals surface area contributed by atoms with E-state index in [-0.39, 0.29) is 0 Å². The predicted molar refractivity (Wildman–Crippen MR) is 139 cm³/mol. The van der Waals surface area contributed by atoms with E-state index in [1.807, 2.05) is 84.9 Å². The summed E-state index contributed by atoms with van der Waals surface area (Å²) in [5, 5.41) is 0. The Balaban J connectivity index is 1.24. The summed E-state index contributed by atoms with van der Waals surface area (Å²) >= 11 is 0. The average Bonchev–Trinajstić information content (AvgIpc) is 2.92. The van der Waals surface area contributed by atoms with E-state index in [2.05, 4.69) is 17.0 Å². The standard InChI is InChI=1S/C30H27NO5/c1-21(30(32)33-2)35-25-9-7-8-23(20-25)22-14-16-24(17-15-22)34-19-18-31-26-10-3-5-12-28(26)36-29-13-6-4-11-27(29)31/h3-17,20-21H,18-19H2,1-2H3. The van der Waals surface area contributed by atoms with Gasteiger partial charge in [0.05, 0.1) is 25.0 Å². The number of carbonyl (C=O) groups excluding carboxylic acids is 1. The Morgan fingerprint density at radius 1 is 0.806 bits per heavy atom. The number of ether oxygens (including phenoxy) is 4. The molecule has 6 heteroatoms. The van der Waals surface area contributed by atoms with Crippen molar-refractivity contribution in [1.82, 2.24) is 0 Å². The fourth-order valence-corrected chi connectivity index (χ4v) is 4.19. The van der Waals surface area contributed by atoms with Crippen molar-refractivity contribution in [2.45, 2.75) is 13.0 Å². The van der Waals surface area contributed by atoms with E-state index in [1.54, 1.807) is 6.92 Å². The highest BCUT2D eigenvalue weighted by Crippen LogP contribution is 2.45. The molecule has 0 bridgehead atoms. The average molecular weight is 482 g/mol. The number of anilines is 2. The first-order valence-corrected chi connectivity index (χ1v) is 11.8. The van der Waals surface area contributed by atoms with E-state index in [4.69, 9.17) is 18.9 Å². The number of hydrogen-bond donors (Lipinski definition) is 0. The molecule has 0 spiro atoms. The molecule has 0 fully saturated rings. The molecule has 0 radical (unpaired) electrons. The molecule has 6 nitrogen and oxygen atoms in total. The van der Waals surface area contributed by atoms with Gasteiger partial charge in [-0.3, -0.25) is 0 Å². The number of rotatable bonds is 8. The van der Waals surface area contributed by atoms with Gasteiger partial charge in [0.1, 0.15) is 18.1 Å². The molecule has 5 rings (SSSR count). The molecule has 0 aliphatic carbocycles. The fraction of sp³-hybridized carbons (Fsp3) is 0.167. The Bertz CT molecular complexity index is 1310. The van der Waals surface area contributed by atoms with Crippen LogP contribution in [0.25, 0.3) is 11.1 Å². The summed E-state index contributed by atoms with van der Waals surface area (Å²) in [6.07, 6.45) is -0.675. The molecule has 0 saturated carbocycles. The number of fused-ring (bicyclic) bond motifs is 2. The number of para-hydroxylation sites is 4. The minimum absolute atomic E-state index is 0.411. The predicted octanol–water partition coefficient (Wildman–Crippen LogP) is 6.62. The van der Waals surface area contributed by atoms with Gasteiger partial charge in [-0.05, 0) is 66.6 Å². The maximum absolute atomic E-state index is 11.6. The Hall–Kier alpha value is -4.45. The molecule has 0 aromatic heterocycles. The van der Waals surface area contributed by atoms with Crippen LogP contribution in [0.3, 0.4) is 0 Å².